The molecule has 0 bridgehead atoms. The van der Waals surface area contributed by atoms with Crippen molar-refractivity contribution in [1.29, 1.82) is 0 Å². The van der Waals surface area contributed by atoms with Crippen molar-refractivity contribution < 1.29 is 28.9 Å². The van der Waals surface area contributed by atoms with Crippen LogP contribution in [0.15, 0.2) is 29.7 Å². The van der Waals surface area contributed by atoms with Crippen LogP contribution < -0.4 is 10.1 Å². The van der Waals surface area contributed by atoms with E-state index in [4.69, 9.17) is 25.8 Å². The van der Waals surface area contributed by atoms with Crippen LogP contribution in [-0.2, 0) is 19.1 Å². The number of anilines is 1. The lowest BCUT2D eigenvalue weighted by Gasteiger charge is -2.38. The topological polar surface area (TPSA) is 94.1 Å². The number of carbonyl (C=O) groups is 2. The maximum absolute atomic E-state index is 12.4. The molecule has 2 aliphatic rings. The molecule has 0 atom stereocenters. The molecule has 8 heteroatoms. The second-order valence-electron chi connectivity index (χ2n) is 5.94. The summed E-state index contributed by atoms with van der Waals surface area (Å²) in [5.41, 5.74) is -0.318. The molecule has 1 aliphatic carbocycles. The van der Waals surface area contributed by atoms with Gasteiger partial charge in [-0.15, -0.1) is 0 Å². The smallest absolute Gasteiger partial charge is 0.354 e. The molecule has 2 N–H and O–H groups in total. The molecule has 1 fully saturated rings. The molecule has 0 aromatic heterocycles. The summed E-state index contributed by atoms with van der Waals surface area (Å²) in [6.45, 7) is 0. The first kappa shape index (κ1) is 17.4. The highest BCUT2D eigenvalue weighted by Gasteiger charge is 2.46. The Labute approximate surface area is 149 Å². The average Bonchev–Trinajstić information content (AvgIpc) is 2.56. The van der Waals surface area contributed by atoms with E-state index in [0.29, 0.717) is 18.6 Å². The van der Waals surface area contributed by atoms with E-state index in [2.05, 4.69) is 5.32 Å². The average molecular weight is 368 g/mol. The molecule has 0 saturated heterocycles. The molecule has 1 heterocycles. The van der Waals surface area contributed by atoms with Gasteiger partial charge in [0.15, 0.2) is 0 Å². The second kappa shape index (κ2) is 6.84. The van der Waals surface area contributed by atoms with Crippen LogP contribution in [0.4, 0.5) is 5.69 Å². The third kappa shape index (κ3) is 3.51. The van der Waals surface area contributed by atoms with E-state index >= 15 is 0 Å². The standard InChI is InChI=1S/C17H18ClNO6/c1-23-10-5-6-12(11(18)9-10)19-14(20)13-15(21)24-17(25-16(13)22)7-3-2-4-8-17/h5-6,9,21H,2-4,7-8H2,1H3,(H,19,20). The lowest BCUT2D eigenvalue weighted by molar-refractivity contribution is -0.249. The minimum Gasteiger partial charge on any atom is -0.497 e. The number of aliphatic hydroxyl groups excluding tert-OH is 1. The van der Waals surface area contributed by atoms with Crippen molar-refractivity contribution >= 4 is 29.2 Å². The maximum Gasteiger partial charge on any atom is 0.354 e. The van der Waals surface area contributed by atoms with E-state index in [9.17, 15) is 14.7 Å². The quantitative estimate of drug-likeness (QED) is 0.629. The van der Waals surface area contributed by atoms with Crippen LogP contribution in [0.3, 0.4) is 0 Å². The Morgan fingerprint density at radius 1 is 1.28 bits per heavy atom. The van der Waals surface area contributed by atoms with Gasteiger partial charge in [-0.3, -0.25) is 4.79 Å². The largest absolute Gasteiger partial charge is 0.497 e. The molecule has 1 aromatic rings. The van der Waals surface area contributed by atoms with Gasteiger partial charge in [-0.05, 0) is 25.0 Å². The van der Waals surface area contributed by atoms with Gasteiger partial charge in [0.25, 0.3) is 11.7 Å². The highest BCUT2D eigenvalue weighted by atomic mass is 35.5. The predicted molar refractivity (Wildman–Crippen MR) is 89.3 cm³/mol. The number of ether oxygens (including phenoxy) is 3. The van der Waals surface area contributed by atoms with E-state index in [1.807, 2.05) is 0 Å². The van der Waals surface area contributed by atoms with Crippen molar-refractivity contribution in [2.45, 2.75) is 37.9 Å². The number of rotatable bonds is 3. The zero-order chi connectivity index (χ0) is 18.0. The third-order valence-electron chi connectivity index (χ3n) is 4.25. The number of hydrogen-bond donors (Lipinski definition) is 2. The minimum atomic E-state index is -1.17. The molecule has 3 rings (SSSR count). The van der Waals surface area contributed by atoms with Crippen LogP contribution in [0.25, 0.3) is 0 Å². The van der Waals surface area contributed by atoms with Crippen molar-refractivity contribution in [3.05, 3.63) is 34.7 Å². The Kier molecular flexibility index (Phi) is 4.76. The first-order valence-electron chi connectivity index (χ1n) is 7.94. The summed E-state index contributed by atoms with van der Waals surface area (Å²) in [5.74, 6) is -3.14. The van der Waals surface area contributed by atoms with Gasteiger partial charge in [-0.25, -0.2) is 4.79 Å². The Bertz CT molecular complexity index is 739. The maximum atomic E-state index is 12.4. The summed E-state index contributed by atoms with van der Waals surface area (Å²) in [4.78, 5) is 24.6. The van der Waals surface area contributed by atoms with Crippen LogP contribution in [0.2, 0.25) is 5.02 Å². The van der Waals surface area contributed by atoms with Gasteiger partial charge in [0.2, 0.25) is 5.57 Å². The highest BCUT2D eigenvalue weighted by molar-refractivity contribution is 6.34. The molecule has 1 aromatic carbocycles. The summed E-state index contributed by atoms with van der Waals surface area (Å²) in [6.07, 6.45) is 3.63. The molecule has 0 unspecified atom stereocenters. The van der Waals surface area contributed by atoms with Crippen LogP contribution >= 0.6 is 11.6 Å². The molecule has 1 spiro atoms. The fraction of sp³-hybridized carbons (Fsp3) is 0.412. The van der Waals surface area contributed by atoms with Crippen molar-refractivity contribution in [2.75, 3.05) is 12.4 Å². The van der Waals surface area contributed by atoms with Gasteiger partial charge in [0.05, 0.1) is 17.8 Å². The molecule has 1 saturated carbocycles. The number of esters is 1. The molecular formula is C17H18ClNO6. The first-order chi connectivity index (χ1) is 11.9. The minimum absolute atomic E-state index is 0.224. The molecule has 7 nitrogen and oxygen atoms in total. The number of carbonyl (C=O) groups excluding carboxylic acids is 2. The predicted octanol–water partition coefficient (Wildman–Crippen LogP) is 3.29. The number of methoxy groups -OCH3 is 1. The number of amides is 1. The molecule has 25 heavy (non-hydrogen) atoms. The summed E-state index contributed by atoms with van der Waals surface area (Å²) >= 11 is 6.06. The van der Waals surface area contributed by atoms with Gasteiger partial charge >= 0.3 is 11.9 Å². The summed E-state index contributed by atoms with van der Waals surface area (Å²) in [5, 5.41) is 12.8. The van der Waals surface area contributed by atoms with Crippen molar-refractivity contribution in [1.82, 2.24) is 0 Å². The van der Waals surface area contributed by atoms with Crippen LogP contribution in [0, 0.1) is 0 Å². The Hall–Kier alpha value is -2.41. The van der Waals surface area contributed by atoms with Gasteiger partial charge in [-0.1, -0.05) is 18.0 Å². The number of aliphatic hydroxyl groups is 1. The van der Waals surface area contributed by atoms with E-state index in [-0.39, 0.29) is 10.7 Å². The van der Waals surface area contributed by atoms with Gasteiger partial charge in [-0.2, -0.15) is 0 Å². The number of hydrogen-bond acceptors (Lipinski definition) is 6. The summed E-state index contributed by atoms with van der Waals surface area (Å²) < 4.78 is 15.8. The van der Waals surface area contributed by atoms with Gasteiger partial charge in [0.1, 0.15) is 5.75 Å². The SMILES string of the molecule is COc1ccc(NC(=O)C2=C(O)OC3(CCCCC3)OC2=O)c(Cl)c1. The lowest BCUT2D eigenvalue weighted by atomic mass is 9.93. The van der Waals surface area contributed by atoms with Crippen LogP contribution in [0.1, 0.15) is 32.1 Å². The van der Waals surface area contributed by atoms with E-state index in [1.165, 1.54) is 19.2 Å². The number of halogens is 1. The lowest BCUT2D eigenvalue weighted by Crippen LogP contribution is -2.45. The van der Waals surface area contributed by atoms with E-state index in [1.54, 1.807) is 6.07 Å². The van der Waals surface area contributed by atoms with Crippen molar-refractivity contribution in [2.24, 2.45) is 0 Å². The van der Waals surface area contributed by atoms with Crippen molar-refractivity contribution in [3.8, 4) is 5.75 Å². The molecule has 0 radical (unpaired) electrons. The summed E-state index contributed by atoms with van der Waals surface area (Å²) in [6, 6.07) is 4.63. The number of benzene rings is 1. The van der Waals surface area contributed by atoms with E-state index < -0.39 is 29.2 Å². The van der Waals surface area contributed by atoms with Crippen LogP contribution in [0.5, 0.6) is 5.75 Å². The highest BCUT2D eigenvalue weighted by Crippen LogP contribution is 2.38. The Balaban J connectivity index is 1.79. The zero-order valence-electron chi connectivity index (χ0n) is 13.6. The van der Waals surface area contributed by atoms with Crippen LogP contribution in [-0.4, -0.2) is 29.9 Å². The normalized spacial score (nSPS) is 19.2. The second-order valence-corrected chi connectivity index (χ2v) is 6.35. The zero-order valence-corrected chi connectivity index (χ0v) is 14.4. The monoisotopic (exact) mass is 367 g/mol. The number of nitrogens with one attached hydrogen (secondary N) is 1. The molecule has 1 aliphatic heterocycles. The summed E-state index contributed by atoms with van der Waals surface area (Å²) in [7, 11) is 1.49. The molecular weight excluding hydrogens is 350 g/mol. The molecule has 1 amide bonds. The van der Waals surface area contributed by atoms with Crippen molar-refractivity contribution in [3.63, 3.8) is 0 Å². The van der Waals surface area contributed by atoms with Gasteiger partial charge < -0.3 is 24.6 Å². The van der Waals surface area contributed by atoms with Gasteiger partial charge in [0, 0.05) is 18.9 Å². The third-order valence-corrected chi connectivity index (χ3v) is 4.56. The molecule has 134 valence electrons. The fourth-order valence-corrected chi connectivity index (χ4v) is 3.17. The fourth-order valence-electron chi connectivity index (χ4n) is 2.95. The Morgan fingerprint density at radius 2 is 2.00 bits per heavy atom. The van der Waals surface area contributed by atoms with E-state index in [0.717, 1.165) is 19.3 Å². The first-order valence-corrected chi connectivity index (χ1v) is 8.32. The Morgan fingerprint density at radius 3 is 2.60 bits per heavy atom.